The number of fused-ring (bicyclic) bond motifs is 1. The zero-order valence-corrected chi connectivity index (χ0v) is 12.9. The van der Waals surface area contributed by atoms with Crippen LogP contribution in [0.15, 0.2) is 36.4 Å². The van der Waals surface area contributed by atoms with Crippen LogP contribution >= 0.6 is 0 Å². The van der Waals surface area contributed by atoms with E-state index in [0.717, 1.165) is 31.1 Å². The summed E-state index contributed by atoms with van der Waals surface area (Å²) in [4.78, 5) is 2.27. The Morgan fingerprint density at radius 2 is 1.90 bits per heavy atom. The van der Waals surface area contributed by atoms with Gasteiger partial charge in [0.05, 0.1) is 5.69 Å². The van der Waals surface area contributed by atoms with Crippen molar-refractivity contribution in [2.24, 2.45) is 0 Å². The number of ether oxygens (including phenoxy) is 1. The van der Waals surface area contributed by atoms with Crippen LogP contribution in [-0.2, 0) is 6.54 Å². The van der Waals surface area contributed by atoms with Gasteiger partial charge in [-0.3, -0.25) is 0 Å². The Kier molecular flexibility index (Phi) is 3.74. The quantitative estimate of drug-likeness (QED) is 0.928. The fourth-order valence-electron chi connectivity index (χ4n) is 2.88. The summed E-state index contributed by atoms with van der Waals surface area (Å²) in [5.41, 5.74) is 6.16. The van der Waals surface area contributed by atoms with E-state index in [-0.39, 0.29) is 0 Å². The largest absolute Gasteiger partial charge is 0.489 e. The molecule has 2 aromatic rings. The lowest BCUT2D eigenvalue weighted by atomic mass is 10.1. The lowest BCUT2D eigenvalue weighted by molar-refractivity contribution is 0.320. The molecule has 1 aliphatic rings. The van der Waals surface area contributed by atoms with Gasteiger partial charge in [0.2, 0.25) is 0 Å². The molecule has 3 nitrogen and oxygen atoms in total. The third-order valence-corrected chi connectivity index (χ3v) is 3.82. The zero-order chi connectivity index (χ0) is 14.8. The molecule has 2 aromatic carbocycles. The summed E-state index contributed by atoms with van der Waals surface area (Å²) in [7, 11) is 2.13. The van der Waals surface area contributed by atoms with Crippen molar-refractivity contribution >= 4 is 11.4 Å². The molecular formula is C18H22N2O. The Labute approximate surface area is 126 Å². The first kappa shape index (κ1) is 13.8. The molecule has 0 radical (unpaired) electrons. The number of rotatable bonds is 3. The van der Waals surface area contributed by atoms with Crippen LogP contribution in [0.5, 0.6) is 5.75 Å². The van der Waals surface area contributed by atoms with Crippen molar-refractivity contribution in [3.8, 4) is 5.75 Å². The van der Waals surface area contributed by atoms with Crippen molar-refractivity contribution in [2.75, 3.05) is 30.4 Å². The van der Waals surface area contributed by atoms with E-state index < -0.39 is 0 Å². The smallest absolute Gasteiger partial charge is 0.147 e. The summed E-state index contributed by atoms with van der Waals surface area (Å²) in [5, 5.41) is 3.39. The second-order valence-electron chi connectivity index (χ2n) is 5.77. The van der Waals surface area contributed by atoms with Gasteiger partial charge in [-0.25, -0.2) is 0 Å². The summed E-state index contributed by atoms with van der Waals surface area (Å²) in [6.07, 6.45) is 0. The van der Waals surface area contributed by atoms with E-state index in [1.807, 2.05) is 0 Å². The Morgan fingerprint density at radius 1 is 1.14 bits per heavy atom. The lowest BCUT2D eigenvalue weighted by Gasteiger charge is -2.25. The minimum absolute atomic E-state index is 0.733. The van der Waals surface area contributed by atoms with Gasteiger partial charge in [-0.15, -0.1) is 0 Å². The van der Waals surface area contributed by atoms with Gasteiger partial charge >= 0.3 is 0 Å². The molecule has 110 valence electrons. The average molecular weight is 282 g/mol. The SMILES string of the molecule is Cc1cc(C)cc(N(C)Cc2cccc3c2OCCN3)c1. The minimum atomic E-state index is 0.733. The van der Waals surface area contributed by atoms with Crippen molar-refractivity contribution < 1.29 is 4.74 Å². The van der Waals surface area contributed by atoms with Crippen molar-refractivity contribution in [2.45, 2.75) is 20.4 Å². The van der Waals surface area contributed by atoms with Crippen LogP contribution in [0.1, 0.15) is 16.7 Å². The number of nitrogens with zero attached hydrogens (tertiary/aromatic N) is 1. The van der Waals surface area contributed by atoms with Crippen molar-refractivity contribution in [1.82, 2.24) is 0 Å². The second kappa shape index (κ2) is 5.68. The van der Waals surface area contributed by atoms with E-state index in [1.54, 1.807) is 0 Å². The van der Waals surface area contributed by atoms with Crippen molar-refractivity contribution in [3.05, 3.63) is 53.1 Å². The number of para-hydroxylation sites is 1. The van der Waals surface area contributed by atoms with Gasteiger partial charge in [0, 0.05) is 31.4 Å². The van der Waals surface area contributed by atoms with Gasteiger partial charge in [-0.1, -0.05) is 18.2 Å². The van der Waals surface area contributed by atoms with Gasteiger partial charge < -0.3 is 15.0 Å². The molecule has 1 heterocycles. The fourth-order valence-corrected chi connectivity index (χ4v) is 2.88. The molecule has 1 aliphatic heterocycles. The van der Waals surface area contributed by atoms with E-state index in [1.165, 1.54) is 22.4 Å². The van der Waals surface area contributed by atoms with E-state index in [9.17, 15) is 0 Å². The Bertz CT molecular complexity index is 631. The van der Waals surface area contributed by atoms with Crippen LogP contribution in [0.3, 0.4) is 0 Å². The van der Waals surface area contributed by atoms with Gasteiger partial charge in [0.25, 0.3) is 0 Å². The summed E-state index contributed by atoms with van der Waals surface area (Å²) in [5.74, 6) is 1.000. The van der Waals surface area contributed by atoms with E-state index in [2.05, 4.69) is 67.5 Å². The molecule has 0 spiro atoms. The van der Waals surface area contributed by atoms with Crippen LogP contribution in [0.4, 0.5) is 11.4 Å². The van der Waals surface area contributed by atoms with Gasteiger partial charge in [0.1, 0.15) is 12.4 Å². The highest BCUT2D eigenvalue weighted by molar-refractivity contribution is 5.62. The molecule has 0 fully saturated rings. The first-order valence-electron chi connectivity index (χ1n) is 7.41. The molecule has 0 atom stereocenters. The van der Waals surface area contributed by atoms with Crippen LogP contribution in [0, 0.1) is 13.8 Å². The van der Waals surface area contributed by atoms with Gasteiger partial charge in [-0.05, 0) is 43.2 Å². The minimum Gasteiger partial charge on any atom is -0.489 e. The van der Waals surface area contributed by atoms with Crippen LogP contribution in [-0.4, -0.2) is 20.2 Å². The molecule has 3 rings (SSSR count). The second-order valence-corrected chi connectivity index (χ2v) is 5.77. The predicted molar refractivity (Wildman–Crippen MR) is 88.4 cm³/mol. The standard InChI is InChI=1S/C18H22N2O/c1-13-9-14(2)11-16(10-13)20(3)12-15-5-4-6-17-18(15)21-8-7-19-17/h4-6,9-11,19H,7-8,12H2,1-3H3. The van der Waals surface area contributed by atoms with Crippen LogP contribution in [0.25, 0.3) is 0 Å². The first-order valence-corrected chi connectivity index (χ1v) is 7.41. The fraction of sp³-hybridized carbons (Fsp3) is 0.333. The monoisotopic (exact) mass is 282 g/mol. The third kappa shape index (κ3) is 2.97. The van der Waals surface area contributed by atoms with Crippen molar-refractivity contribution in [1.29, 1.82) is 0 Å². The van der Waals surface area contributed by atoms with E-state index in [0.29, 0.717) is 0 Å². The molecule has 21 heavy (non-hydrogen) atoms. The van der Waals surface area contributed by atoms with E-state index in [4.69, 9.17) is 4.74 Å². The average Bonchev–Trinajstić information content (AvgIpc) is 2.46. The summed E-state index contributed by atoms with van der Waals surface area (Å²) in [6.45, 7) is 6.73. The molecule has 1 N–H and O–H groups in total. The predicted octanol–water partition coefficient (Wildman–Crippen LogP) is 3.74. The van der Waals surface area contributed by atoms with Crippen LogP contribution in [0.2, 0.25) is 0 Å². The number of nitrogens with one attached hydrogen (secondary N) is 1. The van der Waals surface area contributed by atoms with E-state index >= 15 is 0 Å². The Morgan fingerprint density at radius 3 is 2.67 bits per heavy atom. The number of benzene rings is 2. The van der Waals surface area contributed by atoms with Gasteiger partial charge in [-0.2, -0.15) is 0 Å². The third-order valence-electron chi connectivity index (χ3n) is 3.82. The molecule has 3 heteroatoms. The van der Waals surface area contributed by atoms with Crippen molar-refractivity contribution in [3.63, 3.8) is 0 Å². The summed E-state index contributed by atoms with van der Waals surface area (Å²) in [6, 6.07) is 13.0. The van der Waals surface area contributed by atoms with Crippen LogP contribution < -0.4 is 15.0 Å². The molecule has 0 saturated heterocycles. The lowest BCUT2D eigenvalue weighted by Crippen LogP contribution is -2.22. The maximum atomic E-state index is 5.85. The highest BCUT2D eigenvalue weighted by Gasteiger charge is 2.15. The Balaban J connectivity index is 1.86. The maximum absolute atomic E-state index is 5.85. The summed E-state index contributed by atoms with van der Waals surface area (Å²) < 4.78 is 5.85. The first-order chi connectivity index (χ1) is 10.1. The normalized spacial score (nSPS) is 13.1. The number of hydrogen-bond acceptors (Lipinski definition) is 3. The number of hydrogen-bond donors (Lipinski definition) is 1. The number of anilines is 2. The molecule has 0 saturated carbocycles. The number of aryl methyl sites for hydroxylation is 2. The molecule has 0 aliphatic carbocycles. The highest BCUT2D eigenvalue weighted by atomic mass is 16.5. The Hall–Kier alpha value is -2.16. The van der Waals surface area contributed by atoms with Gasteiger partial charge in [0.15, 0.2) is 0 Å². The summed E-state index contributed by atoms with van der Waals surface area (Å²) >= 11 is 0. The molecular weight excluding hydrogens is 260 g/mol. The molecule has 0 aromatic heterocycles. The highest BCUT2D eigenvalue weighted by Crippen LogP contribution is 2.32. The molecule has 0 bridgehead atoms. The molecule has 0 amide bonds. The maximum Gasteiger partial charge on any atom is 0.147 e. The molecule has 0 unspecified atom stereocenters. The zero-order valence-electron chi connectivity index (χ0n) is 12.9. The topological polar surface area (TPSA) is 24.5 Å².